The Hall–Kier alpha value is -0.840. The Balaban J connectivity index is 1.80. The molecule has 0 saturated carbocycles. The van der Waals surface area contributed by atoms with Crippen molar-refractivity contribution in [3.8, 4) is 0 Å². The second-order valence-electron chi connectivity index (χ2n) is 6.14. The highest BCUT2D eigenvalue weighted by molar-refractivity contribution is 5.20. The number of piperidine rings is 1. The topological polar surface area (TPSA) is 37.6 Å². The number of furan rings is 1. The van der Waals surface area contributed by atoms with E-state index < -0.39 is 0 Å². The van der Waals surface area contributed by atoms with Gasteiger partial charge >= 0.3 is 0 Å². The molecule has 1 aromatic rings. The van der Waals surface area contributed by atoms with Gasteiger partial charge in [0.25, 0.3) is 0 Å². The van der Waals surface area contributed by atoms with E-state index in [-0.39, 0.29) is 0 Å². The molecule has 0 radical (unpaired) electrons. The zero-order valence-corrected chi connectivity index (χ0v) is 13.2. The first-order valence-corrected chi connectivity index (χ1v) is 7.66. The quantitative estimate of drug-likeness (QED) is 0.869. The molecular weight excluding hydrogens is 252 g/mol. The Bertz CT molecular complexity index is 407. The number of ether oxygens (including phenoxy) is 1. The highest BCUT2D eigenvalue weighted by atomic mass is 16.5. The Kier molecular flexibility index (Phi) is 5.64. The van der Waals surface area contributed by atoms with Crippen LogP contribution >= 0.6 is 0 Å². The van der Waals surface area contributed by atoms with Gasteiger partial charge in [-0.1, -0.05) is 13.8 Å². The smallest absolute Gasteiger partial charge is 0.118 e. The standard InChI is InChI=1S/C16H28N2O2/c1-12(2)17-10-16-9-14(13(3)20-16)11-19-15-5-7-18(4)8-6-15/h9,12,15,17H,5-8,10-11H2,1-4H3. The molecule has 4 heteroatoms. The summed E-state index contributed by atoms with van der Waals surface area (Å²) < 4.78 is 11.8. The van der Waals surface area contributed by atoms with E-state index >= 15 is 0 Å². The third-order valence-electron chi connectivity index (χ3n) is 3.90. The average molecular weight is 280 g/mol. The second kappa shape index (κ2) is 7.25. The molecule has 1 aliphatic rings. The first kappa shape index (κ1) is 15.5. The number of nitrogens with zero attached hydrogens (tertiary/aromatic N) is 1. The molecule has 114 valence electrons. The minimum absolute atomic E-state index is 0.401. The van der Waals surface area contributed by atoms with Crippen LogP contribution in [0.15, 0.2) is 10.5 Å². The van der Waals surface area contributed by atoms with Crippen molar-refractivity contribution in [1.82, 2.24) is 10.2 Å². The average Bonchev–Trinajstić information content (AvgIpc) is 2.76. The minimum Gasteiger partial charge on any atom is -0.465 e. The molecule has 2 rings (SSSR count). The summed E-state index contributed by atoms with van der Waals surface area (Å²) in [6.07, 6.45) is 2.67. The molecule has 0 atom stereocenters. The van der Waals surface area contributed by atoms with Crippen molar-refractivity contribution in [2.24, 2.45) is 0 Å². The Labute approximate surface area is 122 Å². The number of rotatable bonds is 6. The van der Waals surface area contributed by atoms with Crippen LogP contribution in [0.25, 0.3) is 0 Å². The van der Waals surface area contributed by atoms with Crippen molar-refractivity contribution in [2.75, 3.05) is 20.1 Å². The maximum Gasteiger partial charge on any atom is 0.118 e. The van der Waals surface area contributed by atoms with Crippen molar-refractivity contribution in [3.63, 3.8) is 0 Å². The zero-order valence-electron chi connectivity index (χ0n) is 13.2. The molecule has 1 fully saturated rings. The fraction of sp³-hybridized carbons (Fsp3) is 0.750. The van der Waals surface area contributed by atoms with Crippen molar-refractivity contribution in [3.05, 3.63) is 23.2 Å². The van der Waals surface area contributed by atoms with E-state index in [2.05, 4.69) is 37.2 Å². The lowest BCUT2D eigenvalue weighted by atomic mass is 10.1. The van der Waals surface area contributed by atoms with Crippen LogP contribution in [-0.4, -0.2) is 37.2 Å². The molecule has 0 amide bonds. The highest BCUT2D eigenvalue weighted by Gasteiger charge is 2.18. The van der Waals surface area contributed by atoms with Crippen LogP contribution in [0.5, 0.6) is 0 Å². The summed E-state index contributed by atoms with van der Waals surface area (Å²) in [5, 5.41) is 3.37. The van der Waals surface area contributed by atoms with E-state index in [1.54, 1.807) is 0 Å². The predicted molar refractivity (Wildman–Crippen MR) is 80.7 cm³/mol. The summed E-state index contributed by atoms with van der Waals surface area (Å²) in [6.45, 7) is 10.0. The van der Waals surface area contributed by atoms with Crippen LogP contribution < -0.4 is 5.32 Å². The lowest BCUT2D eigenvalue weighted by Gasteiger charge is -2.28. The molecule has 1 aliphatic heterocycles. The van der Waals surface area contributed by atoms with E-state index in [4.69, 9.17) is 9.15 Å². The fourth-order valence-corrected chi connectivity index (χ4v) is 2.48. The molecule has 2 heterocycles. The largest absolute Gasteiger partial charge is 0.465 e. The molecule has 1 N–H and O–H groups in total. The summed E-state index contributed by atoms with van der Waals surface area (Å²) in [4.78, 5) is 2.36. The monoisotopic (exact) mass is 280 g/mol. The van der Waals surface area contributed by atoms with Gasteiger partial charge in [-0.2, -0.15) is 0 Å². The zero-order chi connectivity index (χ0) is 14.5. The molecule has 0 spiro atoms. The Morgan fingerprint density at radius 1 is 1.40 bits per heavy atom. The van der Waals surface area contributed by atoms with Gasteiger partial charge in [0.2, 0.25) is 0 Å². The van der Waals surface area contributed by atoms with Gasteiger partial charge < -0.3 is 19.4 Å². The third-order valence-corrected chi connectivity index (χ3v) is 3.90. The number of hydrogen-bond acceptors (Lipinski definition) is 4. The van der Waals surface area contributed by atoms with Crippen molar-refractivity contribution < 1.29 is 9.15 Å². The minimum atomic E-state index is 0.401. The lowest BCUT2D eigenvalue weighted by molar-refractivity contribution is 0.00171. The van der Waals surface area contributed by atoms with Gasteiger partial charge in [0, 0.05) is 24.7 Å². The number of aryl methyl sites for hydroxylation is 1. The Morgan fingerprint density at radius 3 is 2.75 bits per heavy atom. The molecule has 1 aromatic heterocycles. The van der Waals surface area contributed by atoms with Crippen LogP contribution in [0, 0.1) is 6.92 Å². The van der Waals surface area contributed by atoms with Crippen LogP contribution in [0.1, 0.15) is 43.8 Å². The highest BCUT2D eigenvalue weighted by Crippen LogP contribution is 2.19. The van der Waals surface area contributed by atoms with Crippen LogP contribution in [0.4, 0.5) is 0 Å². The Morgan fingerprint density at radius 2 is 2.10 bits per heavy atom. The van der Waals surface area contributed by atoms with Gasteiger partial charge in [0.05, 0.1) is 19.3 Å². The molecule has 0 unspecified atom stereocenters. The SMILES string of the molecule is Cc1oc(CNC(C)C)cc1COC1CCN(C)CC1. The summed E-state index contributed by atoms with van der Waals surface area (Å²) in [5.41, 5.74) is 1.18. The molecule has 0 aliphatic carbocycles. The summed E-state index contributed by atoms with van der Waals surface area (Å²) in [6, 6.07) is 2.60. The van der Waals surface area contributed by atoms with Gasteiger partial charge in [0.1, 0.15) is 11.5 Å². The molecule has 0 bridgehead atoms. The first-order chi connectivity index (χ1) is 9.54. The fourth-order valence-electron chi connectivity index (χ4n) is 2.48. The molecule has 20 heavy (non-hydrogen) atoms. The van der Waals surface area contributed by atoms with E-state index in [0.717, 1.165) is 44.0 Å². The van der Waals surface area contributed by atoms with E-state index in [1.165, 1.54) is 5.56 Å². The van der Waals surface area contributed by atoms with E-state index in [9.17, 15) is 0 Å². The molecule has 1 saturated heterocycles. The number of likely N-dealkylation sites (tertiary alicyclic amines) is 1. The molecular formula is C16H28N2O2. The van der Waals surface area contributed by atoms with Crippen LogP contribution in [0.3, 0.4) is 0 Å². The maximum absolute atomic E-state index is 6.03. The normalized spacial score (nSPS) is 18.1. The van der Waals surface area contributed by atoms with Crippen molar-refractivity contribution in [2.45, 2.75) is 58.9 Å². The van der Waals surface area contributed by atoms with Crippen molar-refractivity contribution in [1.29, 1.82) is 0 Å². The van der Waals surface area contributed by atoms with Gasteiger partial charge in [-0.3, -0.25) is 0 Å². The third kappa shape index (κ3) is 4.62. The van der Waals surface area contributed by atoms with Crippen LogP contribution in [-0.2, 0) is 17.9 Å². The van der Waals surface area contributed by atoms with Gasteiger partial charge in [-0.05, 0) is 32.9 Å². The first-order valence-electron chi connectivity index (χ1n) is 7.66. The number of nitrogens with one attached hydrogen (secondary N) is 1. The molecule has 0 aromatic carbocycles. The van der Waals surface area contributed by atoms with Gasteiger partial charge in [0.15, 0.2) is 0 Å². The molecule has 4 nitrogen and oxygen atoms in total. The summed E-state index contributed by atoms with van der Waals surface area (Å²) in [7, 11) is 2.17. The van der Waals surface area contributed by atoms with Crippen molar-refractivity contribution >= 4 is 0 Å². The summed E-state index contributed by atoms with van der Waals surface area (Å²) in [5.74, 6) is 1.98. The van der Waals surface area contributed by atoms with Gasteiger partial charge in [-0.15, -0.1) is 0 Å². The lowest BCUT2D eigenvalue weighted by Crippen LogP contribution is -2.34. The van der Waals surface area contributed by atoms with Crippen LogP contribution in [0.2, 0.25) is 0 Å². The predicted octanol–water partition coefficient (Wildman–Crippen LogP) is 2.70. The van der Waals surface area contributed by atoms with Gasteiger partial charge in [-0.25, -0.2) is 0 Å². The van der Waals surface area contributed by atoms with E-state index in [0.29, 0.717) is 18.8 Å². The van der Waals surface area contributed by atoms with E-state index in [1.807, 2.05) is 6.92 Å². The number of hydrogen-bond donors (Lipinski definition) is 1. The maximum atomic E-state index is 6.03. The second-order valence-corrected chi connectivity index (χ2v) is 6.14. The summed E-state index contributed by atoms with van der Waals surface area (Å²) >= 11 is 0.